The van der Waals surface area contributed by atoms with Gasteiger partial charge in [-0.25, -0.2) is 4.39 Å². The second-order valence-electron chi connectivity index (χ2n) is 6.37. The standard InChI is InChI=1S/C17H21FN2O/c1-17(2,16(21)20-8-4-3-5-9-20)14-11-19-15-7-6-12(18)10-13(14)15/h6-7,10-11,19H,3-5,8-9H2,1-2H3. The van der Waals surface area contributed by atoms with Gasteiger partial charge in [-0.05, 0) is 56.9 Å². The largest absolute Gasteiger partial charge is 0.361 e. The van der Waals surface area contributed by atoms with Gasteiger partial charge in [-0.15, -0.1) is 0 Å². The molecule has 4 heteroatoms. The molecule has 0 radical (unpaired) electrons. The number of aromatic amines is 1. The Bertz CT molecular complexity index is 668. The molecule has 1 saturated heterocycles. The summed E-state index contributed by atoms with van der Waals surface area (Å²) in [5.41, 5.74) is 1.09. The number of hydrogen-bond acceptors (Lipinski definition) is 1. The molecule has 3 nitrogen and oxygen atoms in total. The molecule has 1 N–H and O–H groups in total. The van der Waals surface area contributed by atoms with Crippen LogP contribution in [0.25, 0.3) is 10.9 Å². The van der Waals surface area contributed by atoms with Crippen LogP contribution in [0.3, 0.4) is 0 Å². The number of carbonyl (C=O) groups excluding carboxylic acids is 1. The van der Waals surface area contributed by atoms with Crippen molar-refractivity contribution in [3.05, 3.63) is 35.8 Å². The number of H-pyrrole nitrogens is 1. The number of benzene rings is 1. The van der Waals surface area contributed by atoms with Gasteiger partial charge in [0.1, 0.15) is 5.82 Å². The minimum atomic E-state index is -0.649. The van der Waals surface area contributed by atoms with E-state index in [4.69, 9.17) is 0 Å². The third-order valence-corrected chi connectivity index (χ3v) is 4.50. The van der Waals surface area contributed by atoms with Gasteiger partial charge in [0, 0.05) is 30.2 Å². The zero-order valence-corrected chi connectivity index (χ0v) is 12.6. The van der Waals surface area contributed by atoms with Crippen molar-refractivity contribution in [2.45, 2.75) is 38.5 Å². The van der Waals surface area contributed by atoms with Gasteiger partial charge >= 0.3 is 0 Å². The lowest BCUT2D eigenvalue weighted by atomic mass is 9.82. The molecule has 21 heavy (non-hydrogen) atoms. The first-order chi connectivity index (χ1) is 10.00. The highest BCUT2D eigenvalue weighted by Gasteiger charge is 2.36. The predicted molar refractivity (Wildman–Crippen MR) is 81.7 cm³/mol. The summed E-state index contributed by atoms with van der Waals surface area (Å²) >= 11 is 0. The number of amides is 1. The molecule has 0 saturated carbocycles. The van der Waals surface area contributed by atoms with Crippen LogP contribution in [0.2, 0.25) is 0 Å². The average molecular weight is 288 g/mol. The number of piperidine rings is 1. The Morgan fingerprint density at radius 2 is 1.95 bits per heavy atom. The van der Waals surface area contributed by atoms with Crippen molar-refractivity contribution in [1.82, 2.24) is 9.88 Å². The molecule has 0 unspecified atom stereocenters. The van der Waals surface area contributed by atoms with E-state index < -0.39 is 5.41 Å². The first-order valence-electron chi connectivity index (χ1n) is 7.56. The normalized spacial score (nSPS) is 16.4. The van der Waals surface area contributed by atoms with E-state index in [1.807, 2.05) is 24.9 Å². The highest BCUT2D eigenvalue weighted by Crippen LogP contribution is 2.33. The molecule has 0 aliphatic carbocycles. The third kappa shape index (κ3) is 2.43. The van der Waals surface area contributed by atoms with E-state index in [9.17, 15) is 9.18 Å². The van der Waals surface area contributed by atoms with E-state index in [0.29, 0.717) is 0 Å². The Kier molecular flexibility index (Phi) is 3.47. The lowest BCUT2D eigenvalue weighted by Crippen LogP contribution is -2.45. The van der Waals surface area contributed by atoms with E-state index in [1.54, 1.807) is 6.07 Å². The van der Waals surface area contributed by atoms with Gasteiger partial charge in [-0.2, -0.15) is 0 Å². The lowest BCUT2D eigenvalue weighted by Gasteiger charge is -2.34. The number of rotatable bonds is 2. The summed E-state index contributed by atoms with van der Waals surface area (Å²) in [6.45, 7) is 5.52. The quantitative estimate of drug-likeness (QED) is 0.900. The molecule has 0 bridgehead atoms. The molecule has 0 spiro atoms. The maximum atomic E-state index is 13.5. The highest BCUT2D eigenvalue weighted by molar-refractivity contribution is 5.94. The van der Waals surface area contributed by atoms with Crippen molar-refractivity contribution < 1.29 is 9.18 Å². The fourth-order valence-electron chi connectivity index (χ4n) is 3.22. The molecule has 3 rings (SSSR count). The summed E-state index contributed by atoms with van der Waals surface area (Å²) in [5, 5.41) is 0.797. The van der Waals surface area contributed by atoms with Gasteiger partial charge in [0.05, 0.1) is 5.41 Å². The maximum Gasteiger partial charge on any atom is 0.232 e. The van der Waals surface area contributed by atoms with Crippen molar-refractivity contribution in [3.8, 4) is 0 Å². The topological polar surface area (TPSA) is 36.1 Å². The molecule has 2 aromatic rings. The van der Waals surface area contributed by atoms with Gasteiger partial charge in [-0.1, -0.05) is 0 Å². The van der Waals surface area contributed by atoms with E-state index in [-0.39, 0.29) is 11.7 Å². The molecule has 112 valence electrons. The number of nitrogens with zero attached hydrogens (tertiary/aromatic N) is 1. The van der Waals surface area contributed by atoms with Crippen LogP contribution in [-0.2, 0) is 10.2 Å². The number of hydrogen-bond donors (Lipinski definition) is 1. The molecule has 1 aliphatic rings. The molecule has 1 aromatic heterocycles. The summed E-state index contributed by atoms with van der Waals surface area (Å²) in [7, 11) is 0. The molecule has 1 fully saturated rings. The lowest BCUT2D eigenvalue weighted by molar-refractivity contribution is -0.137. The molecule has 1 amide bonds. The molecule has 0 atom stereocenters. The third-order valence-electron chi connectivity index (χ3n) is 4.50. The van der Waals surface area contributed by atoms with Crippen LogP contribution in [-0.4, -0.2) is 28.9 Å². The van der Waals surface area contributed by atoms with E-state index in [1.165, 1.54) is 18.6 Å². The fraction of sp³-hybridized carbons (Fsp3) is 0.471. The Labute approximate surface area is 124 Å². The summed E-state index contributed by atoms with van der Waals surface area (Å²) in [6, 6.07) is 4.66. The van der Waals surface area contributed by atoms with E-state index in [2.05, 4.69) is 4.98 Å². The smallest absolute Gasteiger partial charge is 0.232 e. The second kappa shape index (κ2) is 5.17. The van der Waals surface area contributed by atoms with Crippen molar-refractivity contribution in [2.75, 3.05) is 13.1 Å². The predicted octanol–water partition coefficient (Wildman–Crippen LogP) is 3.60. The van der Waals surface area contributed by atoms with Crippen LogP contribution in [0.1, 0.15) is 38.7 Å². The number of likely N-dealkylation sites (tertiary alicyclic amines) is 1. The minimum absolute atomic E-state index is 0.132. The van der Waals surface area contributed by atoms with Gasteiger partial charge in [-0.3, -0.25) is 4.79 Å². The van der Waals surface area contributed by atoms with Crippen molar-refractivity contribution in [1.29, 1.82) is 0 Å². The van der Waals surface area contributed by atoms with Crippen molar-refractivity contribution >= 4 is 16.8 Å². The van der Waals surface area contributed by atoms with Crippen LogP contribution in [0, 0.1) is 5.82 Å². The van der Waals surface area contributed by atoms with Crippen LogP contribution in [0.15, 0.2) is 24.4 Å². The monoisotopic (exact) mass is 288 g/mol. The first kappa shape index (κ1) is 14.1. The van der Waals surface area contributed by atoms with Crippen molar-refractivity contribution in [2.24, 2.45) is 0 Å². The Balaban J connectivity index is 1.99. The fourth-order valence-corrected chi connectivity index (χ4v) is 3.22. The first-order valence-corrected chi connectivity index (χ1v) is 7.56. The molecular formula is C17H21FN2O. The Morgan fingerprint density at radius 1 is 1.24 bits per heavy atom. The molecule has 1 aromatic carbocycles. The zero-order chi connectivity index (χ0) is 15.0. The molecule has 1 aliphatic heterocycles. The molecular weight excluding hydrogens is 267 g/mol. The zero-order valence-electron chi connectivity index (χ0n) is 12.6. The highest BCUT2D eigenvalue weighted by atomic mass is 19.1. The Morgan fingerprint density at radius 3 is 2.67 bits per heavy atom. The van der Waals surface area contributed by atoms with Crippen LogP contribution in [0.4, 0.5) is 4.39 Å². The number of fused-ring (bicyclic) bond motifs is 1. The summed E-state index contributed by atoms with van der Waals surface area (Å²) in [4.78, 5) is 18.0. The summed E-state index contributed by atoms with van der Waals surface area (Å²) in [6.07, 6.45) is 5.18. The Hall–Kier alpha value is -1.84. The van der Waals surface area contributed by atoms with Gasteiger partial charge in [0.25, 0.3) is 0 Å². The maximum absolute atomic E-state index is 13.5. The van der Waals surface area contributed by atoms with E-state index >= 15 is 0 Å². The van der Waals surface area contributed by atoms with Gasteiger partial charge in [0.2, 0.25) is 5.91 Å². The summed E-state index contributed by atoms with van der Waals surface area (Å²) < 4.78 is 13.5. The SMILES string of the molecule is CC(C)(C(=O)N1CCCCC1)c1c[nH]c2ccc(F)cc12. The van der Waals surface area contributed by atoms with Crippen LogP contribution >= 0.6 is 0 Å². The van der Waals surface area contributed by atoms with Crippen LogP contribution in [0.5, 0.6) is 0 Å². The van der Waals surface area contributed by atoms with Gasteiger partial charge < -0.3 is 9.88 Å². The summed E-state index contributed by atoms with van der Waals surface area (Å²) in [5.74, 6) is -0.142. The minimum Gasteiger partial charge on any atom is -0.361 e. The van der Waals surface area contributed by atoms with Crippen LogP contribution < -0.4 is 0 Å². The molecule has 2 heterocycles. The van der Waals surface area contributed by atoms with Gasteiger partial charge in [0.15, 0.2) is 0 Å². The number of nitrogens with one attached hydrogen (secondary N) is 1. The second-order valence-corrected chi connectivity index (χ2v) is 6.37. The van der Waals surface area contributed by atoms with E-state index in [0.717, 1.165) is 42.4 Å². The number of halogens is 1. The number of aromatic nitrogens is 1. The average Bonchev–Trinajstić information content (AvgIpc) is 2.91. The van der Waals surface area contributed by atoms with Crippen molar-refractivity contribution in [3.63, 3.8) is 0 Å². The number of carbonyl (C=O) groups is 1.